The van der Waals surface area contributed by atoms with Gasteiger partial charge in [-0.3, -0.25) is 4.72 Å². The summed E-state index contributed by atoms with van der Waals surface area (Å²) in [5.74, 6) is -1.57. The van der Waals surface area contributed by atoms with Crippen molar-refractivity contribution in [2.45, 2.75) is 4.90 Å². The molecule has 0 atom stereocenters. The van der Waals surface area contributed by atoms with E-state index in [2.05, 4.69) is 4.72 Å². The second-order valence-electron chi connectivity index (χ2n) is 5.24. The molecular weight excluding hydrogens is 345 g/mol. The van der Waals surface area contributed by atoms with Gasteiger partial charge in [0.25, 0.3) is 10.0 Å². The number of hydrogen-bond acceptors (Lipinski definition) is 4. The highest BCUT2D eigenvalue weighted by molar-refractivity contribution is 7.92. The van der Waals surface area contributed by atoms with Gasteiger partial charge in [0, 0.05) is 0 Å². The lowest BCUT2D eigenvalue weighted by atomic mass is 10.0. The van der Waals surface area contributed by atoms with Gasteiger partial charge in [-0.25, -0.2) is 17.6 Å². The highest BCUT2D eigenvalue weighted by atomic mass is 32.2. The summed E-state index contributed by atoms with van der Waals surface area (Å²) in [4.78, 5) is 11.7. The van der Waals surface area contributed by atoms with E-state index in [1.165, 1.54) is 25.3 Å². The first-order chi connectivity index (χ1) is 11.9. The third-order valence-electron chi connectivity index (χ3n) is 3.69. The fourth-order valence-corrected chi connectivity index (χ4v) is 3.69. The third kappa shape index (κ3) is 3.18. The quantitative estimate of drug-likeness (QED) is 0.723. The average molecular weight is 359 g/mol. The van der Waals surface area contributed by atoms with Crippen LogP contribution >= 0.6 is 0 Å². The predicted molar refractivity (Wildman–Crippen MR) is 92.5 cm³/mol. The number of carbonyl (C=O) groups is 1. The summed E-state index contributed by atoms with van der Waals surface area (Å²) in [5, 5.41) is 1.28. The van der Waals surface area contributed by atoms with Crippen LogP contribution in [0.4, 0.5) is 10.1 Å². The Morgan fingerprint density at radius 3 is 2.40 bits per heavy atom. The minimum atomic E-state index is -4.21. The van der Waals surface area contributed by atoms with Gasteiger partial charge in [0.05, 0.1) is 18.4 Å². The van der Waals surface area contributed by atoms with E-state index < -0.39 is 26.7 Å². The first-order valence-electron chi connectivity index (χ1n) is 7.31. The summed E-state index contributed by atoms with van der Waals surface area (Å²) in [6.07, 6.45) is 0. The van der Waals surface area contributed by atoms with E-state index in [4.69, 9.17) is 4.74 Å². The Bertz CT molecular complexity index is 1060. The molecule has 0 amide bonds. The molecule has 0 radical (unpaired) electrons. The second-order valence-corrected chi connectivity index (χ2v) is 6.89. The van der Waals surface area contributed by atoms with Crippen molar-refractivity contribution in [2.75, 3.05) is 11.8 Å². The van der Waals surface area contributed by atoms with E-state index in [1.54, 1.807) is 30.3 Å². The van der Waals surface area contributed by atoms with Crippen LogP contribution in [0.15, 0.2) is 65.6 Å². The Labute approximate surface area is 144 Å². The van der Waals surface area contributed by atoms with Crippen LogP contribution < -0.4 is 4.72 Å². The summed E-state index contributed by atoms with van der Waals surface area (Å²) in [7, 11) is -3.00. The zero-order valence-electron chi connectivity index (χ0n) is 13.2. The van der Waals surface area contributed by atoms with Gasteiger partial charge in [-0.1, -0.05) is 42.5 Å². The molecule has 128 valence electrons. The Morgan fingerprint density at radius 1 is 1.00 bits per heavy atom. The molecule has 1 N–H and O–H groups in total. The molecule has 0 aromatic heterocycles. The SMILES string of the molecule is COC(=O)c1c(NS(=O)(=O)c2ccccc2F)ccc2ccccc12. The van der Waals surface area contributed by atoms with E-state index in [0.29, 0.717) is 5.39 Å². The van der Waals surface area contributed by atoms with Crippen molar-refractivity contribution in [3.63, 3.8) is 0 Å². The largest absolute Gasteiger partial charge is 0.465 e. The van der Waals surface area contributed by atoms with Gasteiger partial charge in [-0.05, 0) is 29.0 Å². The van der Waals surface area contributed by atoms with Crippen molar-refractivity contribution in [1.82, 2.24) is 0 Å². The zero-order valence-corrected chi connectivity index (χ0v) is 14.0. The van der Waals surface area contributed by atoms with Gasteiger partial charge < -0.3 is 4.74 Å². The van der Waals surface area contributed by atoms with Gasteiger partial charge in [0.1, 0.15) is 10.7 Å². The third-order valence-corrected chi connectivity index (χ3v) is 5.09. The Kier molecular flexibility index (Phi) is 4.41. The standard InChI is InChI=1S/C18H14FNO4S/c1-24-18(21)17-13-7-3-2-6-12(13)10-11-15(17)20-25(22,23)16-9-5-4-8-14(16)19/h2-11,20H,1H3. The van der Waals surface area contributed by atoms with Crippen molar-refractivity contribution >= 4 is 32.5 Å². The van der Waals surface area contributed by atoms with E-state index in [9.17, 15) is 17.6 Å². The number of fused-ring (bicyclic) bond motifs is 1. The first-order valence-corrected chi connectivity index (χ1v) is 8.80. The van der Waals surface area contributed by atoms with E-state index >= 15 is 0 Å². The maximum atomic E-state index is 13.9. The number of esters is 1. The number of halogens is 1. The van der Waals surface area contributed by atoms with Gasteiger partial charge in [-0.2, -0.15) is 0 Å². The van der Waals surface area contributed by atoms with Crippen LogP contribution in [0.25, 0.3) is 10.8 Å². The molecule has 0 saturated heterocycles. The lowest BCUT2D eigenvalue weighted by Gasteiger charge is -2.14. The molecule has 5 nitrogen and oxygen atoms in total. The molecule has 3 rings (SSSR count). The van der Waals surface area contributed by atoms with Crippen LogP contribution in [0.1, 0.15) is 10.4 Å². The fraction of sp³-hybridized carbons (Fsp3) is 0.0556. The molecule has 0 bridgehead atoms. The van der Waals surface area contributed by atoms with Crippen LogP contribution in [0, 0.1) is 5.82 Å². The minimum absolute atomic E-state index is 0.0220. The Balaban J connectivity index is 2.16. The van der Waals surface area contributed by atoms with Crippen molar-refractivity contribution in [2.24, 2.45) is 0 Å². The van der Waals surface area contributed by atoms with E-state index in [-0.39, 0.29) is 11.3 Å². The number of sulfonamides is 1. The molecule has 0 fully saturated rings. The smallest absolute Gasteiger partial charge is 0.340 e. The summed E-state index contributed by atoms with van der Waals surface area (Å²) in [5.41, 5.74) is 0.0920. The van der Waals surface area contributed by atoms with Crippen LogP contribution in [0.5, 0.6) is 0 Å². The summed E-state index contributed by atoms with van der Waals surface area (Å²) >= 11 is 0. The van der Waals surface area contributed by atoms with E-state index in [0.717, 1.165) is 17.5 Å². The summed E-state index contributed by atoms with van der Waals surface area (Å²) in [6.45, 7) is 0. The number of benzene rings is 3. The number of carbonyl (C=O) groups excluding carboxylic acids is 1. The minimum Gasteiger partial charge on any atom is -0.465 e. The molecule has 3 aromatic rings. The Morgan fingerprint density at radius 2 is 1.68 bits per heavy atom. The molecule has 25 heavy (non-hydrogen) atoms. The average Bonchev–Trinajstić information content (AvgIpc) is 2.61. The monoisotopic (exact) mass is 359 g/mol. The number of anilines is 1. The summed E-state index contributed by atoms with van der Waals surface area (Å²) in [6, 6.07) is 15.1. The van der Waals surface area contributed by atoms with Crippen LogP contribution in [0.3, 0.4) is 0 Å². The molecule has 0 unspecified atom stereocenters. The topological polar surface area (TPSA) is 72.5 Å². The Hall–Kier alpha value is -2.93. The molecule has 7 heteroatoms. The zero-order chi connectivity index (χ0) is 18.0. The molecule has 0 spiro atoms. The first kappa shape index (κ1) is 16.9. The lowest BCUT2D eigenvalue weighted by molar-refractivity contribution is 0.0604. The molecule has 0 saturated carbocycles. The predicted octanol–water partition coefficient (Wildman–Crippen LogP) is 3.57. The van der Waals surface area contributed by atoms with Crippen LogP contribution in [-0.2, 0) is 14.8 Å². The number of methoxy groups -OCH3 is 1. The lowest BCUT2D eigenvalue weighted by Crippen LogP contribution is -2.17. The van der Waals surface area contributed by atoms with Gasteiger partial charge >= 0.3 is 5.97 Å². The van der Waals surface area contributed by atoms with E-state index in [1.807, 2.05) is 0 Å². The number of ether oxygens (including phenoxy) is 1. The second kappa shape index (κ2) is 6.52. The van der Waals surface area contributed by atoms with Crippen molar-refractivity contribution in [1.29, 1.82) is 0 Å². The van der Waals surface area contributed by atoms with Crippen LogP contribution in [-0.4, -0.2) is 21.5 Å². The molecular formula is C18H14FNO4S. The number of hydrogen-bond donors (Lipinski definition) is 1. The highest BCUT2D eigenvalue weighted by Gasteiger charge is 2.23. The number of rotatable bonds is 4. The molecule has 3 aromatic carbocycles. The molecule has 0 aliphatic rings. The molecule has 0 aliphatic heterocycles. The van der Waals surface area contributed by atoms with Crippen molar-refractivity contribution in [3.05, 3.63) is 72.0 Å². The number of nitrogens with one attached hydrogen (secondary N) is 1. The highest BCUT2D eigenvalue weighted by Crippen LogP contribution is 2.29. The summed E-state index contributed by atoms with van der Waals surface area (Å²) < 4.78 is 46.0. The molecule has 0 heterocycles. The molecule has 0 aliphatic carbocycles. The van der Waals surface area contributed by atoms with Crippen molar-refractivity contribution in [3.8, 4) is 0 Å². The maximum absolute atomic E-state index is 13.9. The normalized spacial score (nSPS) is 11.3. The van der Waals surface area contributed by atoms with Crippen LogP contribution in [0.2, 0.25) is 0 Å². The van der Waals surface area contributed by atoms with Gasteiger partial charge in [0.15, 0.2) is 0 Å². The van der Waals surface area contributed by atoms with Gasteiger partial charge in [-0.15, -0.1) is 0 Å². The fourth-order valence-electron chi connectivity index (χ4n) is 2.54. The van der Waals surface area contributed by atoms with Gasteiger partial charge in [0.2, 0.25) is 0 Å². The maximum Gasteiger partial charge on any atom is 0.340 e. The van der Waals surface area contributed by atoms with Crippen molar-refractivity contribution < 1.29 is 22.3 Å².